The number of allylic oxidation sites excluding steroid dienone is 2. The lowest BCUT2D eigenvalue weighted by Gasteiger charge is -2.20. The second kappa shape index (κ2) is 22.2. The van der Waals surface area contributed by atoms with Crippen LogP contribution in [0, 0.1) is 5.21 Å². The van der Waals surface area contributed by atoms with E-state index in [9.17, 15) is 5.21 Å². The van der Waals surface area contributed by atoms with E-state index in [4.69, 9.17) is 20.8 Å². The fourth-order valence-electron chi connectivity index (χ4n) is 2.80. The molecular formula is C22H48N2O5. The summed E-state index contributed by atoms with van der Waals surface area (Å²) in [4.78, 5) is -2.18. The van der Waals surface area contributed by atoms with Gasteiger partial charge < -0.3 is 5.21 Å². The minimum Gasteiger partial charge on any atom is -0.564 e. The quantitative estimate of drug-likeness (QED) is 0.0824. The Balaban J connectivity index is 0. The van der Waals surface area contributed by atoms with Crippen molar-refractivity contribution >= 4 is 0 Å². The summed E-state index contributed by atoms with van der Waals surface area (Å²) < 4.78 is 0. The van der Waals surface area contributed by atoms with Crippen LogP contribution in [0.3, 0.4) is 0 Å². The van der Waals surface area contributed by atoms with Gasteiger partial charge in [-0.2, -0.15) is 10.4 Å². The van der Waals surface area contributed by atoms with Crippen LogP contribution in [0.4, 0.5) is 0 Å². The monoisotopic (exact) mass is 420 g/mol. The maximum atomic E-state index is 9.52. The Morgan fingerprint density at radius 3 is 1.52 bits per heavy atom. The molecule has 29 heavy (non-hydrogen) atoms. The van der Waals surface area contributed by atoms with E-state index in [2.05, 4.69) is 19.1 Å². The van der Waals surface area contributed by atoms with Crippen LogP contribution in [0.2, 0.25) is 0 Å². The number of nitrogens with zero attached hydrogens (tertiary/aromatic N) is 2. The van der Waals surface area contributed by atoms with Crippen LogP contribution in [0.15, 0.2) is 12.2 Å². The van der Waals surface area contributed by atoms with Crippen molar-refractivity contribution < 1.29 is 25.8 Å². The highest BCUT2D eigenvalue weighted by atomic mass is 17.1. The normalized spacial score (nSPS) is 13.0. The zero-order chi connectivity index (χ0) is 22.4. The van der Waals surface area contributed by atoms with Gasteiger partial charge in [0.05, 0.1) is 6.04 Å². The molecule has 0 saturated carbocycles. The minimum atomic E-state index is -2.18. The van der Waals surface area contributed by atoms with E-state index in [1.807, 2.05) is 6.92 Å². The molecule has 0 amide bonds. The highest BCUT2D eigenvalue weighted by molar-refractivity contribution is 4.81. The second-order valence-corrected chi connectivity index (χ2v) is 7.88. The summed E-state index contributed by atoms with van der Waals surface area (Å²) in [5.74, 6) is 0. The maximum absolute atomic E-state index is 9.52. The summed E-state index contributed by atoms with van der Waals surface area (Å²) in [7, 11) is 0. The molecule has 1 unspecified atom stereocenters. The van der Waals surface area contributed by atoms with E-state index in [1.54, 1.807) is 0 Å². The topological polar surface area (TPSA) is 107 Å². The molecule has 0 aromatic carbocycles. The molecule has 7 heteroatoms. The van der Waals surface area contributed by atoms with Crippen LogP contribution < -0.4 is 0 Å². The molecule has 0 aromatic heterocycles. The van der Waals surface area contributed by atoms with Crippen molar-refractivity contribution in [3.05, 3.63) is 17.4 Å². The Bertz CT molecular complexity index is 347. The molecule has 0 saturated heterocycles. The molecule has 0 rings (SSSR count). The average molecular weight is 421 g/mol. The third-order valence-corrected chi connectivity index (χ3v) is 4.94. The summed E-state index contributed by atoms with van der Waals surface area (Å²) >= 11 is 0. The fourth-order valence-corrected chi connectivity index (χ4v) is 2.80. The average Bonchev–Trinajstić information content (AvgIpc) is 2.67. The highest BCUT2D eigenvalue weighted by Crippen LogP contribution is 2.12. The van der Waals surface area contributed by atoms with Crippen LogP contribution in [0.5, 0.6) is 0 Å². The summed E-state index contributed by atoms with van der Waals surface area (Å²) in [5, 5.41) is 43.0. The predicted molar refractivity (Wildman–Crippen MR) is 117 cm³/mol. The van der Waals surface area contributed by atoms with Gasteiger partial charge in [-0.1, -0.05) is 93.5 Å². The first kappa shape index (κ1) is 30.7. The molecule has 176 valence electrons. The molecule has 0 aliphatic heterocycles. The highest BCUT2D eigenvalue weighted by Gasteiger charge is 2.06. The number of hydrogen-bond donors (Lipinski definition) is 4. The Labute approximate surface area is 178 Å². The zero-order valence-corrected chi connectivity index (χ0v) is 19.1. The second-order valence-electron chi connectivity index (χ2n) is 7.88. The lowest BCUT2D eigenvalue weighted by molar-refractivity contribution is -1.21. The molecule has 1 atom stereocenters. The largest absolute Gasteiger partial charge is 0.564 e. The first-order valence-corrected chi connectivity index (χ1v) is 11.6. The van der Waals surface area contributed by atoms with E-state index in [0.717, 1.165) is 12.8 Å². The Morgan fingerprint density at radius 1 is 0.759 bits per heavy atom. The Hall–Kier alpha value is -0.540. The molecular weight excluding hydrogens is 372 g/mol. The van der Waals surface area contributed by atoms with Gasteiger partial charge in [-0.15, -0.1) is 0 Å². The third-order valence-electron chi connectivity index (χ3n) is 4.94. The van der Waals surface area contributed by atoms with Gasteiger partial charge in [0.2, 0.25) is 0 Å². The van der Waals surface area contributed by atoms with Crippen molar-refractivity contribution in [2.24, 2.45) is 0 Å². The first-order valence-electron chi connectivity index (χ1n) is 11.6. The van der Waals surface area contributed by atoms with Crippen molar-refractivity contribution in [2.75, 3.05) is 6.54 Å². The van der Waals surface area contributed by atoms with Gasteiger partial charge >= 0.3 is 0 Å². The molecule has 0 radical (unpaired) electrons. The predicted octanol–water partition coefficient (Wildman–Crippen LogP) is 6.98. The van der Waals surface area contributed by atoms with Gasteiger partial charge in [0.1, 0.15) is 6.54 Å². The van der Waals surface area contributed by atoms with Gasteiger partial charge in [-0.3, -0.25) is 10.4 Å². The SMILES string of the molecule is CCCCCCCC/C=C\CCCCCCCCC(C)N(O)O.CC[N+]([O-])(O)O. The van der Waals surface area contributed by atoms with E-state index in [-0.39, 0.29) is 12.6 Å². The number of unbranched alkanes of at least 4 members (excludes halogenated alkanes) is 12. The Morgan fingerprint density at radius 2 is 1.14 bits per heavy atom. The molecule has 0 bridgehead atoms. The smallest absolute Gasteiger partial charge is 0.139 e. The molecule has 7 nitrogen and oxygen atoms in total. The standard InChI is InChI=1S/C20H41NO2.C2H7NO3/c1-3-4-5-6-7-8-9-10-11-12-13-14-15-16-17-18-19-20(2)21(22)23;1-2-3(4,5)6/h10-11,20,22-23H,3-9,12-19H2,1-2H3;4-5H,2H2,1H3/b11-10-;. The van der Waals surface area contributed by atoms with Crippen molar-refractivity contribution in [3.8, 4) is 0 Å². The summed E-state index contributed by atoms with van der Waals surface area (Å²) in [5.41, 5.74) is 0. The maximum Gasteiger partial charge on any atom is 0.139 e. The van der Waals surface area contributed by atoms with Gasteiger partial charge in [-0.05, 0) is 46.0 Å². The van der Waals surface area contributed by atoms with Gasteiger partial charge in [-0.25, -0.2) is 0 Å². The summed E-state index contributed by atoms with van der Waals surface area (Å²) in [6.45, 7) is 5.23. The fraction of sp³-hybridized carbons (Fsp3) is 0.909. The lowest BCUT2D eigenvalue weighted by Crippen LogP contribution is -2.33. The van der Waals surface area contributed by atoms with Gasteiger partial charge in [0, 0.05) is 0 Å². The molecule has 0 aliphatic carbocycles. The lowest BCUT2D eigenvalue weighted by atomic mass is 10.1. The number of hydroxylamine groups is 5. The van der Waals surface area contributed by atoms with Crippen LogP contribution in [0.1, 0.15) is 117 Å². The first-order chi connectivity index (χ1) is 13.7. The molecule has 0 fully saturated rings. The van der Waals surface area contributed by atoms with Gasteiger partial charge in [0.25, 0.3) is 0 Å². The molecule has 0 aromatic rings. The van der Waals surface area contributed by atoms with Crippen LogP contribution >= 0.6 is 0 Å². The zero-order valence-electron chi connectivity index (χ0n) is 19.1. The van der Waals surface area contributed by atoms with Crippen molar-refractivity contribution in [2.45, 2.75) is 123 Å². The van der Waals surface area contributed by atoms with Crippen molar-refractivity contribution in [1.29, 1.82) is 0 Å². The number of rotatable bonds is 18. The summed E-state index contributed by atoms with van der Waals surface area (Å²) in [6, 6.07) is -0.146. The third kappa shape index (κ3) is 29.8. The molecule has 0 spiro atoms. The van der Waals surface area contributed by atoms with Crippen LogP contribution in [0.25, 0.3) is 0 Å². The van der Waals surface area contributed by atoms with E-state index in [0.29, 0.717) is 5.23 Å². The van der Waals surface area contributed by atoms with Crippen LogP contribution in [-0.2, 0) is 0 Å². The Kier molecular flexibility index (Phi) is 23.4. The molecule has 4 N–H and O–H groups in total. The van der Waals surface area contributed by atoms with Crippen LogP contribution in [-0.4, -0.2) is 43.6 Å². The number of quaternary nitrogens is 1. The molecule has 0 aliphatic rings. The van der Waals surface area contributed by atoms with Gasteiger partial charge in [0.15, 0.2) is 0 Å². The number of hydrogen-bond acceptors (Lipinski definition) is 6. The van der Waals surface area contributed by atoms with E-state index in [1.165, 1.54) is 90.4 Å². The van der Waals surface area contributed by atoms with Crippen molar-refractivity contribution in [3.63, 3.8) is 0 Å². The molecule has 0 heterocycles. The van der Waals surface area contributed by atoms with E-state index >= 15 is 0 Å². The van der Waals surface area contributed by atoms with E-state index < -0.39 is 4.97 Å². The summed E-state index contributed by atoms with van der Waals surface area (Å²) in [6.07, 6.45) is 23.9. The minimum absolute atomic E-state index is 0.146. The van der Waals surface area contributed by atoms with Crippen molar-refractivity contribution in [1.82, 2.24) is 5.23 Å².